The van der Waals surface area contributed by atoms with Crippen LogP contribution in [-0.2, 0) is 0 Å². The van der Waals surface area contributed by atoms with Gasteiger partial charge < -0.3 is 5.32 Å². The number of nitrogens with one attached hydrogen (secondary N) is 1. The first-order valence-corrected chi connectivity index (χ1v) is 5.82. The van der Waals surface area contributed by atoms with Crippen molar-refractivity contribution in [2.75, 3.05) is 13.1 Å². The molecule has 14 heavy (non-hydrogen) atoms. The van der Waals surface area contributed by atoms with Gasteiger partial charge in [0.2, 0.25) is 0 Å². The molecule has 2 nitrogen and oxygen atoms in total. The van der Waals surface area contributed by atoms with Gasteiger partial charge in [-0.3, -0.25) is 4.90 Å². The van der Waals surface area contributed by atoms with E-state index in [-0.39, 0.29) is 0 Å². The fourth-order valence-electron chi connectivity index (χ4n) is 2.16. The van der Waals surface area contributed by atoms with Crippen molar-refractivity contribution in [3.63, 3.8) is 0 Å². The van der Waals surface area contributed by atoms with Crippen molar-refractivity contribution in [1.82, 2.24) is 10.2 Å². The van der Waals surface area contributed by atoms with Gasteiger partial charge in [0.15, 0.2) is 0 Å². The minimum Gasteiger partial charge on any atom is -0.310 e. The maximum absolute atomic E-state index is 3.65. The molecule has 0 bridgehead atoms. The molecule has 0 radical (unpaired) electrons. The molecule has 0 amide bonds. The summed E-state index contributed by atoms with van der Waals surface area (Å²) in [5.41, 5.74) is 0.321. The van der Waals surface area contributed by atoms with Crippen LogP contribution in [0.2, 0.25) is 0 Å². The molecule has 0 aromatic heterocycles. The molecule has 1 rings (SSSR count). The summed E-state index contributed by atoms with van der Waals surface area (Å²) in [5.74, 6) is 0.775. The van der Waals surface area contributed by atoms with Gasteiger partial charge in [-0.15, -0.1) is 0 Å². The Bertz CT molecular complexity index is 181. The van der Waals surface area contributed by atoms with Gasteiger partial charge in [0, 0.05) is 30.7 Å². The zero-order valence-electron chi connectivity index (χ0n) is 10.6. The predicted molar refractivity (Wildman–Crippen MR) is 62.5 cm³/mol. The van der Waals surface area contributed by atoms with Crippen molar-refractivity contribution in [3.8, 4) is 0 Å². The van der Waals surface area contributed by atoms with Crippen LogP contribution in [0.3, 0.4) is 0 Å². The summed E-state index contributed by atoms with van der Waals surface area (Å²) >= 11 is 0. The molecule has 0 spiro atoms. The molecule has 1 N–H and O–H groups in total. The highest BCUT2D eigenvalue weighted by Crippen LogP contribution is 2.24. The summed E-state index contributed by atoms with van der Waals surface area (Å²) in [7, 11) is 0. The van der Waals surface area contributed by atoms with Gasteiger partial charge in [-0.25, -0.2) is 0 Å². The topological polar surface area (TPSA) is 15.3 Å². The largest absolute Gasteiger partial charge is 0.310 e. The van der Waals surface area contributed by atoms with E-state index in [9.17, 15) is 0 Å². The number of likely N-dealkylation sites (tertiary alicyclic amines) is 1. The number of nitrogens with zero attached hydrogens (tertiary/aromatic N) is 1. The maximum Gasteiger partial charge on any atom is 0.0235 e. The highest BCUT2D eigenvalue weighted by Gasteiger charge is 2.34. The lowest BCUT2D eigenvalue weighted by Gasteiger charge is -2.32. The van der Waals surface area contributed by atoms with E-state index in [0.29, 0.717) is 17.6 Å². The molecule has 1 saturated heterocycles. The van der Waals surface area contributed by atoms with E-state index in [1.54, 1.807) is 0 Å². The van der Waals surface area contributed by atoms with Crippen LogP contribution in [0.15, 0.2) is 0 Å². The Morgan fingerprint density at radius 1 is 1.21 bits per heavy atom. The average Bonchev–Trinajstić information content (AvgIpc) is 2.30. The lowest BCUT2D eigenvalue weighted by Crippen LogP contribution is -2.43. The van der Waals surface area contributed by atoms with Gasteiger partial charge in [-0.2, -0.15) is 0 Å². The molecule has 1 fully saturated rings. The Morgan fingerprint density at radius 2 is 1.79 bits per heavy atom. The fraction of sp³-hybridized carbons (Fsp3) is 1.00. The zero-order valence-corrected chi connectivity index (χ0v) is 10.6. The van der Waals surface area contributed by atoms with Gasteiger partial charge in [-0.1, -0.05) is 20.8 Å². The van der Waals surface area contributed by atoms with Crippen LogP contribution in [0.5, 0.6) is 0 Å². The average molecular weight is 198 g/mol. The van der Waals surface area contributed by atoms with Gasteiger partial charge in [-0.05, 0) is 26.7 Å². The van der Waals surface area contributed by atoms with E-state index in [1.165, 1.54) is 13.1 Å². The second-order valence-corrected chi connectivity index (χ2v) is 5.98. The van der Waals surface area contributed by atoms with E-state index < -0.39 is 0 Å². The molecule has 2 atom stereocenters. The SMILES string of the molecule is CC(C)NC1CN(C(C)(C)C)CC1C. The van der Waals surface area contributed by atoms with Gasteiger partial charge in [0.25, 0.3) is 0 Å². The van der Waals surface area contributed by atoms with E-state index in [2.05, 4.69) is 51.8 Å². The van der Waals surface area contributed by atoms with E-state index in [1.807, 2.05) is 0 Å². The minimum absolute atomic E-state index is 0.321. The van der Waals surface area contributed by atoms with Crippen molar-refractivity contribution >= 4 is 0 Å². The molecule has 1 heterocycles. The number of hydrogen-bond donors (Lipinski definition) is 1. The van der Waals surface area contributed by atoms with Crippen molar-refractivity contribution in [2.45, 2.75) is 59.2 Å². The first kappa shape index (κ1) is 12.0. The second-order valence-electron chi connectivity index (χ2n) is 5.98. The summed E-state index contributed by atoms with van der Waals surface area (Å²) in [6.07, 6.45) is 0. The summed E-state index contributed by atoms with van der Waals surface area (Å²) in [5, 5.41) is 3.65. The molecule has 0 aliphatic carbocycles. The Balaban J connectivity index is 2.51. The third kappa shape index (κ3) is 2.96. The molecule has 2 unspecified atom stereocenters. The lowest BCUT2D eigenvalue weighted by atomic mass is 10.1. The van der Waals surface area contributed by atoms with Gasteiger partial charge >= 0.3 is 0 Å². The van der Waals surface area contributed by atoms with Crippen LogP contribution >= 0.6 is 0 Å². The van der Waals surface area contributed by atoms with E-state index in [4.69, 9.17) is 0 Å². The Hall–Kier alpha value is -0.0800. The molecule has 84 valence electrons. The summed E-state index contributed by atoms with van der Waals surface area (Å²) in [6.45, 7) is 16.1. The number of rotatable bonds is 2. The van der Waals surface area contributed by atoms with Crippen LogP contribution in [0.25, 0.3) is 0 Å². The molecule has 0 saturated carbocycles. The molecule has 1 aliphatic heterocycles. The standard InChI is InChI=1S/C12H26N2/c1-9(2)13-11-8-14(7-10(11)3)12(4,5)6/h9-11,13H,7-8H2,1-6H3. The molecule has 1 aliphatic rings. The number of hydrogen-bond acceptors (Lipinski definition) is 2. The van der Waals surface area contributed by atoms with Crippen molar-refractivity contribution < 1.29 is 0 Å². The minimum atomic E-state index is 0.321. The van der Waals surface area contributed by atoms with Crippen molar-refractivity contribution in [1.29, 1.82) is 0 Å². The summed E-state index contributed by atoms with van der Waals surface area (Å²) in [4.78, 5) is 2.58. The molecule has 2 heteroatoms. The van der Waals surface area contributed by atoms with Gasteiger partial charge in [0.1, 0.15) is 0 Å². The third-order valence-corrected chi connectivity index (χ3v) is 3.11. The first-order valence-electron chi connectivity index (χ1n) is 5.82. The molecule has 0 aromatic carbocycles. The highest BCUT2D eigenvalue weighted by atomic mass is 15.2. The maximum atomic E-state index is 3.65. The van der Waals surface area contributed by atoms with Crippen molar-refractivity contribution in [3.05, 3.63) is 0 Å². The highest BCUT2D eigenvalue weighted by molar-refractivity contribution is 4.92. The lowest BCUT2D eigenvalue weighted by molar-refractivity contribution is 0.166. The van der Waals surface area contributed by atoms with Crippen molar-refractivity contribution in [2.24, 2.45) is 5.92 Å². The van der Waals surface area contributed by atoms with Crippen LogP contribution in [-0.4, -0.2) is 35.6 Å². The Labute approximate surface area is 89.1 Å². The quantitative estimate of drug-likeness (QED) is 0.731. The van der Waals surface area contributed by atoms with E-state index in [0.717, 1.165) is 5.92 Å². The normalized spacial score (nSPS) is 30.2. The molecule has 0 aromatic rings. The summed E-state index contributed by atoms with van der Waals surface area (Å²) in [6, 6.07) is 1.27. The van der Waals surface area contributed by atoms with E-state index >= 15 is 0 Å². The second kappa shape index (κ2) is 4.19. The summed E-state index contributed by atoms with van der Waals surface area (Å²) < 4.78 is 0. The monoisotopic (exact) mass is 198 g/mol. The first-order chi connectivity index (χ1) is 6.30. The molecular weight excluding hydrogens is 172 g/mol. The smallest absolute Gasteiger partial charge is 0.0235 e. The molecular formula is C12H26N2. The Kier molecular flexibility index (Phi) is 3.59. The fourth-order valence-corrected chi connectivity index (χ4v) is 2.16. The third-order valence-electron chi connectivity index (χ3n) is 3.11. The van der Waals surface area contributed by atoms with Crippen LogP contribution in [0.4, 0.5) is 0 Å². The van der Waals surface area contributed by atoms with Crippen LogP contribution < -0.4 is 5.32 Å². The zero-order chi connectivity index (χ0) is 10.9. The van der Waals surface area contributed by atoms with Crippen LogP contribution in [0.1, 0.15) is 41.5 Å². The predicted octanol–water partition coefficient (Wildman–Crippen LogP) is 2.10. The Morgan fingerprint density at radius 3 is 2.14 bits per heavy atom. The van der Waals surface area contributed by atoms with Gasteiger partial charge in [0.05, 0.1) is 0 Å². The van der Waals surface area contributed by atoms with Crippen LogP contribution in [0, 0.1) is 5.92 Å².